The number of benzene rings is 2. The molecule has 0 saturated heterocycles. The zero-order valence-electron chi connectivity index (χ0n) is 11.7. The first-order valence-corrected chi connectivity index (χ1v) is 6.92. The predicted molar refractivity (Wildman–Crippen MR) is 80.8 cm³/mol. The summed E-state index contributed by atoms with van der Waals surface area (Å²) in [6.07, 6.45) is -0.676. The van der Waals surface area contributed by atoms with E-state index in [1.165, 1.54) is 0 Å². The monoisotopic (exact) mass is 271 g/mol. The van der Waals surface area contributed by atoms with Gasteiger partial charge < -0.3 is 15.6 Å². The van der Waals surface area contributed by atoms with E-state index in [0.29, 0.717) is 13.2 Å². The van der Waals surface area contributed by atoms with Crippen LogP contribution >= 0.6 is 0 Å². The topological polar surface area (TPSA) is 55.5 Å². The first-order chi connectivity index (χ1) is 9.77. The van der Waals surface area contributed by atoms with Gasteiger partial charge >= 0.3 is 0 Å². The Morgan fingerprint density at radius 3 is 2.35 bits per heavy atom. The lowest BCUT2D eigenvalue weighted by Crippen LogP contribution is -2.20. The zero-order valence-corrected chi connectivity index (χ0v) is 11.7. The quantitative estimate of drug-likeness (QED) is 0.849. The molecule has 0 saturated carbocycles. The summed E-state index contributed by atoms with van der Waals surface area (Å²) in [5.74, 6) is 0.578. The van der Waals surface area contributed by atoms with Crippen LogP contribution in [0.5, 0.6) is 5.75 Å². The number of nitrogens with two attached hydrogens (primary N) is 1. The summed E-state index contributed by atoms with van der Waals surface area (Å²) < 4.78 is 5.59. The Kier molecular flexibility index (Phi) is 5.16. The summed E-state index contributed by atoms with van der Waals surface area (Å²) in [5.41, 5.74) is 7.69. The van der Waals surface area contributed by atoms with Gasteiger partial charge in [0.25, 0.3) is 0 Å². The maximum absolute atomic E-state index is 10.7. The van der Waals surface area contributed by atoms with Crippen molar-refractivity contribution in [1.82, 2.24) is 0 Å². The maximum atomic E-state index is 10.7. The van der Waals surface area contributed by atoms with E-state index in [1.807, 2.05) is 61.5 Å². The van der Waals surface area contributed by atoms with Crippen molar-refractivity contribution in [1.29, 1.82) is 0 Å². The van der Waals surface area contributed by atoms with Crippen LogP contribution < -0.4 is 10.5 Å². The largest absolute Gasteiger partial charge is 0.493 e. The molecule has 2 rings (SSSR count). The molecule has 0 amide bonds. The fraction of sp³-hybridized carbons (Fsp3) is 0.294. The summed E-state index contributed by atoms with van der Waals surface area (Å²) in [4.78, 5) is 0. The van der Waals surface area contributed by atoms with E-state index in [4.69, 9.17) is 10.5 Å². The Morgan fingerprint density at radius 1 is 1.05 bits per heavy atom. The Morgan fingerprint density at radius 2 is 1.70 bits per heavy atom. The third-order valence-electron chi connectivity index (χ3n) is 3.40. The summed E-state index contributed by atoms with van der Waals surface area (Å²) in [5, 5.41) is 10.7. The highest BCUT2D eigenvalue weighted by molar-refractivity contribution is 5.37. The lowest BCUT2D eigenvalue weighted by atomic mass is 9.89. The van der Waals surface area contributed by atoms with Crippen molar-refractivity contribution >= 4 is 0 Å². The van der Waals surface area contributed by atoms with Gasteiger partial charge in [-0.05, 0) is 18.6 Å². The Bertz CT molecular complexity index is 528. The highest BCUT2D eigenvalue weighted by atomic mass is 16.5. The van der Waals surface area contributed by atoms with Gasteiger partial charge in [0.05, 0.1) is 12.7 Å². The van der Waals surface area contributed by atoms with Gasteiger partial charge in [-0.1, -0.05) is 48.5 Å². The second-order valence-corrected chi connectivity index (χ2v) is 4.67. The second kappa shape index (κ2) is 7.08. The van der Waals surface area contributed by atoms with E-state index < -0.39 is 6.10 Å². The molecule has 0 fully saturated rings. The smallest absolute Gasteiger partial charge is 0.125 e. The first kappa shape index (κ1) is 14.6. The second-order valence-electron chi connectivity index (χ2n) is 4.67. The molecule has 0 spiro atoms. The van der Waals surface area contributed by atoms with Crippen LogP contribution in [-0.2, 0) is 0 Å². The summed E-state index contributed by atoms with van der Waals surface area (Å²) in [6, 6.07) is 17.4. The maximum Gasteiger partial charge on any atom is 0.125 e. The summed E-state index contributed by atoms with van der Waals surface area (Å²) in [7, 11) is 0. The molecule has 0 aromatic heterocycles. The molecule has 2 atom stereocenters. The van der Waals surface area contributed by atoms with Crippen LogP contribution in [-0.4, -0.2) is 18.3 Å². The van der Waals surface area contributed by atoms with E-state index >= 15 is 0 Å². The highest BCUT2D eigenvalue weighted by Gasteiger charge is 2.23. The van der Waals surface area contributed by atoms with Gasteiger partial charge in [-0.2, -0.15) is 0 Å². The van der Waals surface area contributed by atoms with E-state index in [-0.39, 0.29) is 5.92 Å². The Balaban J connectivity index is 2.31. The van der Waals surface area contributed by atoms with Crippen molar-refractivity contribution in [3.63, 3.8) is 0 Å². The normalized spacial score (nSPS) is 13.8. The molecule has 3 nitrogen and oxygen atoms in total. The van der Waals surface area contributed by atoms with Gasteiger partial charge in [-0.25, -0.2) is 0 Å². The van der Waals surface area contributed by atoms with Gasteiger partial charge in [0, 0.05) is 18.0 Å². The SMILES string of the molecule is CCOc1ccccc1C(O)C(CN)c1ccccc1. The fourth-order valence-electron chi connectivity index (χ4n) is 2.38. The third-order valence-corrected chi connectivity index (χ3v) is 3.40. The van der Waals surface area contributed by atoms with Gasteiger partial charge in [-0.15, -0.1) is 0 Å². The lowest BCUT2D eigenvalue weighted by molar-refractivity contribution is 0.142. The van der Waals surface area contributed by atoms with Crippen LogP contribution in [0.4, 0.5) is 0 Å². The van der Waals surface area contributed by atoms with Crippen LogP contribution in [0.1, 0.15) is 30.1 Å². The van der Waals surface area contributed by atoms with Crippen molar-refractivity contribution in [2.24, 2.45) is 5.73 Å². The molecule has 0 bridgehead atoms. The molecular formula is C17H21NO2. The number of para-hydroxylation sites is 1. The van der Waals surface area contributed by atoms with Gasteiger partial charge in [0.1, 0.15) is 5.75 Å². The molecule has 2 aromatic carbocycles. The van der Waals surface area contributed by atoms with Crippen LogP contribution in [0.3, 0.4) is 0 Å². The Labute approximate surface area is 120 Å². The number of rotatable bonds is 6. The van der Waals surface area contributed by atoms with Crippen molar-refractivity contribution in [3.8, 4) is 5.75 Å². The number of aliphatic hydroxyl groups is 1. The zero-order chi connectivity index (χ0) is 14.4. The molecular weight excluding hydrogens is 250 g/mol. The average molecular weight is 271 g/mol. The van der Waals surface area contributed by atoms with Crippen molar-refractivity contribution < 1.29 is 9.84 Å². The number of aliphatic hydroxyl groups excluding tert-OH is 1. The number of hydrogen-bond acceptors (Lipinski definition) is 3. The molecule has 0 aliphatic carbocycles. The van der Waals surface area contributed by atoms with E-state index in [9.17, 15) is 5.11 Å². The summed E-state index contributed by atoms with van der Waals surface area (Å²) >= 11 is 0. The predicted octanol–water partition coefficient (Wildman–Crippen LogP) is 2.86. The van der Waals surface area contributed by atoms with Crippen LogP contribution in [0.2, 0.25) is 0 Å². The van der Waals surface area contributed by atoms with Gasteiger partial charge in [-0.3, -0.25) is 0 Å². The summed E-state index contributed by atoms with van der Waals surface area (Å²) in [6.45, 7) is 2.88. The molecule has 3 N–H and O–H groups in total. The van der Waals surface area contributed by atoms with Crippen molar-refractivity contribution in [2.75, 3.05) is 13.2 Å². The van der Waals surface area contributed by atoms with Gasteiger partial charge in [0.15, 0.2) is 0 Å². The molecule has 0 heterocycles. The molecule has 0 aliphatic heterocycles. The van der Waals surface area contributed by atoms with E-state index in [0.717, 1.165) is 16.9 Å². The van der Waals surface area contributed by atoms with Gasteiger partial charge in [0.2, 0.25) is 0 Å². The molecule has 2 aromatic rings. The van der Waals surface area contributed by atoms with Crippen LogP contribution in [0.15, 0.2) is 54.6 Å². The minimum Gasteiger partial charge on any atom is -0.493 e. The standard InChI is InChI=1S/C17H21NO2/c1-2-20-16-11-7-6-10-14(16)17(19)15(12-18)13-8-4-3-5-9-13/h3-11,15,17,19H,2,12,18H2,1H3. The van der Waals surface area contributed by atoms with E-state index in [2.05, 4.69) is 0 Å². The Hall–Kier alpha value is -1.84. The van der Waals surface area contributed by atoms with Crippen LogP contribution in [0.25, 0.3) is 0 Å². The average Bonchev–Trinajstić information content (AvgIpc) is 2.50. The molecule has 0 radical (unpaired) electrons. The number of ether oxygens (including phenoxy) is 1. The molecule has 3 heteroatoms. The highest BCUT2D eigenvalue weighted by Crippen LogP contribution is 2.35. The van der Waals surface area contributed by atoms with Crippen molar-refractivity contribution in [2.45, 2.75) is 18.9 Å². The molecule has 2 unspecified atom stereocenters. The first-order valence-electron chi connectivity index (χ1n) is 6.92. The minimum atomic E-state index is -0.676. The molecule has 20 heavy (non-hydrogen) atoms. The lowest BCUT2D eigenvalue weighted by Gasteiger charge is -2.24. The third kappa shape index (κ3) is 3.18. The van der Waals surface area contributed by atoms with Crippen molar-refractivity contribution in [3.05, 3.63) is 65.7 Å². The number of hydrogen-bond donors (Lipinski definition) is 2. The fourth-order valence-corrected chi connectivity index (χ4v) is 2.38. The van der Waals surface area contributed by atoms with Crippen LogP contribution in [0, 0.1) is 0 Å². The van der Waals surface area contributed by atoms with E-state index in [1.54, 1.807) is 0 Å². The minimum absolute atomic E-state index is 0.141. The molecule has 106 valence electrons. The molecule has 0 aliphatic rings.